The third-order valence-electron chi connectivity index (χ3n) is 4.61. The van der Waals surface area contributed by atoms with Crippen molar-refractivity contribution < 1.29 is 39.0 Å². The van der Waals surface area contributed by atoms with E-state index in [-0.39, 0.29) is 12.8 Å². The number of imidazole rings is 1. The molecule has 0 aliphatic heterocycles. The SMILES string of the molecule is CSCCC(NC(=O)C(CC(N)=O)NC(=O)C(N)Cc1cnc[nH]1)C(=O)NC(CC(=O)O)C(=O)O. The molecular weight excluding hydrogens is 486 g/mol. The highest BCUT2D eigenvalue weighted by Crippen LogP contribution is 2.05. The molecule has 4 unspecified atom stereocenters. The topological polar surface area (TPSA) is 260 Å². The smallest absolute Gasteiger partial charge is 0.326 e. The summed E-state index contributed by atoms with van der Waals surface area (Å²) in [5.74, 6) is -6.20. The number of thioether (sulfide) groups is 1. The summed E-state index contributed by atoms with van der Waals surface area (Å²) in [4.78, 5) is 78.2. The third-order valence-corrected chi connectivity index (χ3v) is 5.25. The molecule has 0 saturated carbocycles. The summed E-state index contributed by atoms with van der Waals surface area (Å²) in [6.07, 6.45) is 3.24. The lowest BCUT2D eigenvalue weighted by Gasteiger charge is -2.24. The van der Waals surface area contributed by atoms with Crippen LogP contribution < -0.4 is 27.4 Å². The Bertz CT molecular complexity index is 911. The quantitative estimate of drug-likeness (QED) is 0.109. The minimum Gasteiger partial charge on any atom is -0.481 e. The maximum absolute atomic E-state index is 12.8. The van der Waals surface area contributed by atoms with E-state index in [1.807, 2.05) is 0 Å². The molecular formula is C19H29N7O8S. The maximum atomic E-state index is 12.8. The second kappa shape index (κ2) is 14.6. The number of carboxylic acid groups (broad SMARTS) is 2. The number of H-pyrrole nitrogens is 1. The normalized spacial score (nSPS) is 14.1. The number of carboxylic acids is 2. The van der Waals surface area contributed by atoms with E-state index >= 15 is 0 Å². The van der Waals surface area contributed by atoms with Gasteiger partial charge in [-0.05, 0) is 18.4 Å². The number of hydrogen-bond donors (Lipinski definition) is 8. The van der Waals surface area contributed by atoms with E-state index in [4.69, 9.17) is 21.7 Å². The molecule has 35 heavy (non-hydrogen) atoms. The van der Waals surface area contributed by atoms with Gasteiger partial charge in [0, 0.05) is 18.3 Å². The van der Waals surface area contributed by atoms with Crippen LogP contribution >= 0.6 is 11.8 Å². The average molecular weight is 516 g/mol. The van der Waals surface area contributed by atoms with Crippen molar-refractivity contribution in [2.24, 2.45) is 11.5 Å². The zero-order chi connectivity index (χ0) is 26.5. The number of nitrogens with one attached hydrogen (secondary N) is 4. The fraction of sp³-hybridized carbons (Fsp3) is 0.526. The van der Waals surface area contributed by atoms with Gasteiger partial charge in [0.1, 0.15) is 18.1 Å². The zero-order valence-corrected chi connectivity index (χ0v) is 19.7. The molecule has 0 aliphatic rings. The molecule has 0 aliphatic carbocycles. The Kier molecular flexibility index (Phi) is 12.2. The van der Waals surface area contributed by atoms with E-state index in [0.29, 0.717) is 11.4 Å². The average Bonchev–Trinajstić information content (AvgIpc) is 3.27. The molecule has 0 aromatic carbocycles. The van der Waals surface area contributed by atoms with E-state index in [1.54, 1.807) is 6.26 Å². The van der Waals surface area contributed by atoms with Crippen LogP contribution in [0, 0.1) is 0 Å². The molecule has 194 valence electrons. The Morgan fingerprint density at radius 3 is 2.11 bits per heavy atom. The molecule has 0 fully saturated rings. The Hall–Kier alpha value is -3.66. The summed E-state index contributed by atoms with van der Waals surface area (Å²) in [5.41, 5.74) is 11.6. The summed E-state index contributed by atoms with van der Waals surface area (Å²) in [5, 5.41) is 24.8. The van der Waals surface area contributed by atoms with Crippen LogP contribution in [0.25, 0.3) is 0 Å². The van der Waals surface area contributed by atoms with Crippen LogP contribution in [0.2, 0.25) is 0 Å². The van der Waals surface area contributed by atoms with Crippen LogP contribution in [-0.4, -0.2) is 91.9 Å². The van der Waals surface area contributed by atoms with Crippen molar-refractivity contribution in [3.8, 4) is 0 Å². The lowest BCUT2D eigenvalue weighted by atomic mass is 10.1. The first-order valence-corrected chi connectivity index (χ1v) is 11.7. The van der Waals surface area contributed by atoms with Gasteiger partial charge in [0.05, 0.1) is 25.2 Å². The summed E-state index contributed by atoms with van der Waals surface area (Å²) in [7, 11) is 0. The highest BCUT2D eigenvalue weighted by molar-refractivity contribution is 7.98. The lowest BCUT2D eigenvalue weighted by Crippen LogP contribution is -2.58. The molecule has 1 aromatic rings. The molecule has 4 atom stereocenters. The van der Waals surface area contributed by atoms with E-state index in [1.165, 1.54) is 24.3 Å². The van der Waals surface area contributed by atoms with Gasteiger partial charge in [0.25, 0.3) is 0 Å². The molecule has 15 nitrogen and oxygen atoms in total. The Morgan fingerprint density at radius 1 is 1.00 bits per heavy atom. The number of carbonyl (C=O) groups is 6. The minimum atomic E-state index is -1.73. The monoisotopic (exact) mass is 515 g/mol. The van der Waals surface area contributed by atoms with E-state index < -0.39 is 72.6 Å². The lowest BCUT2D eigenvalue weighted by molar-refractivity contribution is -0.147. The highest BCUT2D eigenvalue weighted by atomic mass is 32.2. The van der Waals surface area contributed by atoms with E-state index in [9.17, 15) is 28.8 Å². The Morgan fingerprint density at radius 2 is 1.60 bits per heavy atom. The summed E-state index contributed by atoms with van der Waals surface area (Å²) in [6.45, 7) is 0. The second-order valence-electron chi connectivity index (χ2n) is 7.46. The van der Waals surface area contributed by atoms with Crippen molar-refractivity contribution in [1.29, 1.82) is 0 Å². The Balaban J connectivity index is 2.94. The van der Waals surface area contributed by atoms with Gasteiger partial charge in [-0.2, -0.15) is 11.8 Å². The number of primary amides is 1. The molecule has 16 heteroatoms. The van der Waals surface area contributed by atoms with Crippen molar-refractivity contribution >= 4 is 47.3 Å². The summed E-state index contributed by atoms with van der Waals surface area (Å²) >= 11 is 1.34. The van der Waals surface area contributed by atoms with Crippen molar-refractivity contribution in [2.45, 2.75) is 49.9 Å². The van der Waals surface area contributed by atoms with Crippen LogP contribution in [-0.2, 0) is 35.2 Å². The number of aromatic amines is 1. The second-order valence-corrected chi connectivity index (χ2v) is 8.44. The predicted molar refractivity (Wildman–Crippen MR) is 123 cm³/mol. The molecule has 0 saturated heterocycles. The van der Waals surface area contributed by atoms with Gasteiger partial charge < -0.3 is 42.6 Å². The molecule has 0 bridgehead atoms. The molecule has 10 N–H and O–H groups in total. The molecule has 1 aromatic heterocycles. The largest absolute Gasteiger partial charge is 0.481 e. The van der Waals surface area contributed by atoms with Crippen LogP contribution in [0.5, 0.6) is 0 Å². The molecule has 0 radical (unpaired) electrons. The first kappa shape index (κ1) is 29.4. The molecule has 1 rings (SSSR count). The predicted octanol–water partition coefficient (Wildman–Crippen LogP) is -3.08. The minimum absolute atomic E-state index is 0.0503. The number of aromatic nitrogens is 2. The van der Waals surface area contributed by atoms with E-state index in [2.05, 4.69) is 25.9 Å². The van der Waals surface area contributed by atoms with Crippen LogP contribution in [0.15, 0.2) is 12.5 Å². The van der Waals surface area contributed by atoms with Crippen LogP contribution in [0.3, 0.4) is 0 Å². The number of rotatable bonds is 16. The highest BCUT2D eigenvalue weighted by Gasteiger charge is 2.31. The van der Waals surface area contributed by atoms with Gasteiger partial charge in [0.2, 0.25) is 23.6 Å². The van der Waals surface area contributed by atoms with Gasteiger partial charge in [-0.15, -0.1) is 0 Å². The molecule has 1 heterocycles. The number of carbonyl (C=O) groups excluding carboxylic acids is 4. The number of nitrogens with zero attached hydrogens (tertiary/aromatic N) is 1. The van der Waals surface area contributed by atoms with Crippen LogP contribution in [0.1, 0.15) is 25.0 Å². The van der Waals surface area contributed by atoms with Crippen molar-refractivity contribution in [2.75, 3.05) is 12.0 Å². The first-order valence-electron chi connectivity index (χ1n) is 10.3. The standard InChI is InChI=1S/C19H29N7O8S/c1-35-3-2-11(17(31)26-13(19(33)34)6-15(28)29)24-18(32)12(5-14(21)27)25-16(30)10(20)4-9-7-22-8-23-9/h7-8,10-13H,2-6,20H2,1H3,(H2,21,27)(H,22,23)(H,24,32)(H,25,30)(H,26,31)(H,28,29)(H,33,34). The maximum Gasteiger partial charge on any atom is 0.326 e. The van der Waals surface area contributed by atoms with E-state index in [0.717, 1.165) is 0 Å². The van der Waals surface area contributed by atoms with Gasteiger partial charge in [-0.3, -0.25) is 24.0 Å². The van der Waals surface area contributed by atoms with Gasteiger partial charge >= 0.3 is 11.9 Å². The van der Waals surface area contributed by atoms with Gasteiger partial charge in [0.15, 0.2) is 0 Å². The number of amides is 4. The fourth-order valence-electron chi connectivity index (χ4n) is 2.84. The number of hydrogen-bond acceptors (Lipinski definition) is 9. The summed E-state index contributed by atoms with van der Waals surface area (Å²) < 4.78 is 0. The number of aliphatic carboxylic acids is 2. The van der Waals surface area contributed by atoms with Crippen LogP contribution in [0.4, 0.5) is 0 Å². The van der Waals surface area contributed by atoms with Gasteiger partial charge in [-0.1, -0.05) is 0 Å². The van der Waals surface area contributed by atoms with Crippen molar-refractivity contribution in [1.82, 2.24) is 25.9 Å². The molecule has 4 amide bonds. The Labute approximate surface area is 204 Å². The fourth-order valence-corrected chi connectivity index (χ4v) is 3.31. The first-order chi connectivity index (χ1) is 16.4. The third kappa shape index (κ3) is 10.9. The zero-order valence-electron chi connectivity index (χ0n) is 18.9. The van der Waals surface area contributed by atoms with Crippen molar-refractivity contribution in [3.05, 3.63) is 18.2 Å². The molecule has 0 spiro atoms. The van der Waals surface area contributed by atoms with Gasteiger partial charge in [-0.25, -0.2) is 9.78 Å². The summed E-state index contributed by atoms with van der Waals surface area (Å²) in [6, 6.07) is -5.57. The van der Waals surface area contributed by atoms with Crippen molar-refractivity contribution in [3.63, 3.8) is 0 Å². The number of nitrogens with two attached hydrogens (primary N) is 2.